The number of halogens is 5. The molecule has 3 aromatic carbocycles. The zero-order valence-corrected chi connectivity index (χ0v) is 21.7. The number of hydrogen-bond acceptors (Lipinski definition) is 4. The van der Waals surface area contributed by atoms with E-state index < -0.39 is 71.9 Å². The van der Waals surface area contributed by atoms with E-state index in [4.69, 9.17) is 5.73 Å². The number of hydrogen-bond donors (Lipinski definition) is 2. The summed E-state index contributed by atoms with van der Waals surface area (Å²) in [7, 11) is 1.45. The van der Waals surface area contributed by atoms with Crippen molar-refractivity contribution in [2.75, 3.05) is 11.9 Å². The maximum atomic E-state index is 14.0. The number of anilines is 1. The van der Waals surface area contributed by atoms with Gasteiger partial charge in [0, 0.05) is 30.7 Å². The summed E-state index contributed by atoms with van der Waals surface area (Å²) in [6.45, 7) is 0. The number of carbonyl (C=O) groups excluding carboxylic acids is 3. The molecule has 41 heavy (non-hydrogen) atoms. The van der Waals surface area contributed by atoms with Crippen molar-refractivity contribution < 1.29 is 36.3 Å². The van der Waals surface area contributed by atoms with Gasteiger partial charge in [-0.3, -0.25) is 14.4 Å². The molecule has 0 aromatic heterocycles. The number of carbonyl (C=O) groups is 3. The number of rotatable bonds is 8. The van der Waals surface area contributed by atoms with Gasteiger partial charge in [0.1, 0.15) is 11.6 Å². The second-order valence-electron chi connectivity index (χ2n) is 9.51. The van der Waals surface area contributed by atoms with Gasteiger partial charge in [0.25, 0.3) is 5.91 Å². The average Bonchev–Trinajstić information content (AvgIpc) is 3.00. The largest absolute Gasteiger partial charge is 0.389 e. The van der Waals surface area contributed by atoms with E-state index in [0.29, 0.717) is 28.6 Å². The fraction of sp³-hybridized carbons (Fsp3) is 0.241. The van der Waals surface area contributed by atoms with Crippen LogP contribution in [0.5, 0.6) is 0 Å². The van der Waals surface area contributed by atoms with Gasteiger partial charge in [-0.05, 0) is 30.2 Å². The van der Waals surface area contributed by atoms with Crippen LogP contribution in [-0.2, 0) is 14.4 Å². The van der Waals surface area contributed by atoms with Gasteiger partial charge in [0.15, 0.2) is 0 Å². The van der Waals surface area contributed by atoms with Gasteiger partial charge in [-0.25, -0.2) is 13.8 Å². The number of nitrogens with one attached hydrogen (secondary N) is 1. The fourth-order valence-electron chi connectivity index (χ4n) is 4.80. The van der Waals surface area contributed by atoms with Gasteiger partial charge in [-0.15, -0.1) is 0 Å². The van der Waals surface area contributed by atoms with Crippen molar-refractivity contribution in [3.8, 4) is 0 Å². The number of benzodiazepines with no additional fused rings is 1. The molecule has 1 aliphatic heterocycles. The van der Waals surface area contributed by atoms with Gasteiger partial charge < -0.3 is 16.0 Å². The van der Waals surface area contributed by atoms with Crippen molar-refractivity contribution in [1.82, 2.24) is 5.32 Å². The third-order valence-electron chi connectivity index (χ3n) is 6.70. The highest BCUT2D eigenvalue weighted by Gasteiger charge is 2.40. The Morgan fingerprint density at radius 2 is 1.61 bits per heavy atom. The summed E-state index contributed by atoms with van der Waals surface area (Å²) in [5, 5.41) is 2.36. The van der Waals surface area contributed by atoms with E-state index in [2.05, 4.69) is 10.3 Å². The van der Waals surface area contributed by atoms with Gasteiger partial charge in [0.2, 0.25) is 18.0 Å². The van der Waals surface area contributed by atoms with Crippen LogP contribution in [0.3, 0.4) is 0 Å². The van der Waals surface area contributed by atoms with Gasteiger partial charge in [-0.1, -0.05) is 48.5 Å². The van der Waals surface area contributed by atoms with Crippen LogP contribution in [0, 0.1) is 17.6 Å². The Kier molecular flexibility index (Phi) is 8.50. The number of fused-ring (bicyclic) bond motifs is 1. The predicted octanol–water partition coefficient (Wildman–Crippen LogP) is 4.45. The number of benzene rings is 3. The predicted molar refractivity (Wildman–Crippen MR) is 141 cm³/mol. The topological polar surface area (TPSA) is 105 Å². The molecule has 3 atom stereocenters. The Morgan fingerprint density at radius 3 is 2.22 bits per heavy atom. The van der Waals surface area contributed by atoms with Crippen LogP contribution in [-0.4, -0.2) is 42.8 Å². The minimum absolute atomic E-state index is 0.328. The van der Waals surface area contributed by atoms with Gasteiger partial charge >= 0.3 is 6.18 Å². The number of primary amides is 1. The molecule has 0 saturated carbocycles. The van der Waals surface area contributed by atoms with Crippen LogP contribution in [0.2, 0.25) is 0 Å². The highest BCUT2D eigenvalue weighted by atomic mass is 19.4. The first kappa shape index (κ1) is 29.4. The molecule has 0 saturated heterocycles. The van der Waals surface area contributed by atoms with Crippen LogP contribution >= 0.6 is 0 Å². The standard InChI is InChI=1S/C29H25F5N4O3/c1-38-22-10-6-5-9-20(22)24(16-7-3-2-4-8-16)36-26(28(38)41)37-27(40)21(11-12-29(32,33)34)23(25(35)39)17-13-18(30)15-19(31)14-17/h2-10,13-15,21,23,26H,11-12H2,1H3,(H2,35,39)(H,37,40)/t21-,23+,26-/m1/s1. The minimum Gasteiger partial charge on any atom is -0.369 e. The lowest BCUT2D eigenvalue weighted by atomic mass is 9.81. The van der Waals surface area contributed by atoms with Gasteiger partial charge in [-0.2, -0.15) is 13.2 Å². The van der Waals surface area contributed by atoms with E-state index in [1.54, 1.807) is 54.6 Å². The zero-order chi connectivity index (χ0) is 29.9. The first-order chi connectivity index (χ1) is 19.4. The summed E-state index contributed by atoms with van der Waals surface area (Å²) in [6.07, 6.45) is -8.80. The molecular weight excluding hydrogens is 547 g/mol. The summed E-state index contributed by atoms with van der Waals surface area (Å²) in [5.41, 5.74) is 7.00. The molecule has 0 unspecified atom stereocenters. The van der Waals surface area contributed by atoms with Crippen molar-refractivity contribution in [2.24, 2.45) is 16.6 Å². The second-order valence-corrected chi connectivity index (χ2v) is 9.51. The number of para-hydroxylation sites is 1. The fourth-order valence-corrected chi connectivity index (χ4v) is 4.80. The Morgan fingerprint density at radius 1 is 1.00 bits per heavy atom. The van der Waals surface area contributed by atoms with Crippen molar-refractivity contribution >= 4 is 29.1 Å². The molecule has 0 radical (unpaired) electrons. The zero-order valence-electron chi connectivity index (χ0n) is 21.7. The van der Waals surface area contributed by atoms with E-state index in [1.165, 1.54) is 11.9 Å². The van der Waals surface area contributed by atoms with Gasteiger partial charge in [0.05, 0.1) is 23.2 Å². The van der Waals surface area contributed by atoms with Crippen LogP contribution in [0.15, 0.2) is 77.8 Å². The lowest BCUT2D eigenvalue weighted by Crippen LogP contribution is -2.49. The molecular formula is C29H25F5N4O3. The average molecular weight is 573 g/mol. The van der Waals surface area contributed by atoms with Crippen molar-refractivity contribution in [2.45, 2.75) is 31.1 Å². The number of alkyl halides is 3. The van der Waals surface area contributed by atoms with Crippen molar-refractivity contribution in [1.29, 1.82) is 0 Å². The van der Waals surface area contributed by atoms with E-state index in [1.807, 2.05) is 0 Å². The molecule has 7 nitrogen and oxygen atoms in total. The van der Waals surface area contributed by atoms with E-state index in [0.717, 1.165) is 12.1 Å². The normalized spacial score (nSPS) is 16.7. The molecule has 3 aromatic rings. The first-order valence-corrected chi connectivity index (χ1v) is 12.5. The summed E-state index contributed by atoms with van der Waals surface area (Å²) >= 11 is 0. The highest BCUT2D eigenvalue weighted by Crippen LogP contribution is 2.34. The van der Waals surface area contributed by atoms with E-state index in [9.17, 15) is 36.3 Å². The molecule has 4 rings (SSSR count). The Hall–Kier alpha value is -4.61. The van der Waals surface area contributed by atoms with E-state index >= 15 is 0 Å². The van der Waals surface area contributed by atoms with Crippen LogP contribution in [0.25, 0.3) is 0 Å². The lowest BCUT2D eigenvalue weighted by Gasteiger charge is -2.27. The van der Waals surface area contributed by atoms with Crippen molar-refractivity contribution in [3.05, 3.63) is 101 Å². The Bertz CT molecular complexity index is 1470. The minimum atomic E-state index is -4.73. The summed E-state index contributed by atoms with van der Waals surface area (Å²) < 4.78 is 67.7. The number of nitrogens with zero attached hydrogens (tertiary/aromatic N) is 2. The van der Waals surface area contributed by atoms with E-state index in [-0.39, 0.29) is 0 Å². The monoisotopic (exact) mass is 572 g/mol. The molecule has 0 fully saturated rings. The van der Waals surface area contributed by atoms with Crippen LogP contribution < -0.4 is 16.0 Å². The molecule has 3 N–H and O–H groups in total. The van der Waals surface area contributed by atoms with Crippen LogP contribution in [0.1, 0.15) is 35.4 Å². The molecule has 1 aliphatic rings. The molecule has 3 amide bonds. The third-order valence-corrected chi connectivity index (χ3v) is 6.70. The number of amides is 3. The molecule has 12 heteroatoms. The summed E-state index contributed by atoms with van der Waals surface area (Å²) in [6, 6.07) is 17.5. The SMILES string of the molecule is CN1C(=O)[C@@H](NC(=O)[C@H](CCC(F)(F)F)[C@@H](C(N)=O)c2cc(F)cc(F)c2)N=C(c2ccccc2)c2ccccc21. The number of aliphatic imine (C=N–C) groups is 1. The molecule has 1 heterocycles. The highest BCUT2D eigenvalue weighted by molar-refractivity contribution is 6.20. The number of likely N-dealkylation sites (N-methyl/N-ethyl adjacent to an activating group) is 1. The smallest absolute Gasteiger partial charge is 0.369 e. The van der Waals surface area contributed by atoms with Crippen molar-refractivity contribution in [3.63, 3.8) is 0 Å². The lowest BCUT2D eigenvalue weighted by molar-refractivity contribution is -0.144. The summed E-state index contributed by atoms with van der Waals surface area (Å²) in [4.78, 5) is 45.2. The molecule has 0 spiro atoms. The molecule has 0 aliphatic carbocycles. The third kappa shape index (κ3) is 6.76. The molecule has 0 bridgehead atoms. The first-order valence-electron chi connectivity index (χ1n) is 12.5. The Labute approximate surface area is 231 Å². The number of nitrogens with two attached hydrogens (primary N) is 1. The maximum absolute atomic E-state index is 14.0. The van der Waals surface area contributed by atoms with Crippen LogP contribution in [0.4, 0.5) is 27.6 Å². The quantitative estimate of drug-likeness (QED) is 0.390. The second kappa shape index (κ2) is 11.9. The maximum Gasteiger partial charge on any atom is 0.389 e. The Balaban J connectivity index is 1.77. The summed E-state index contributed by atoms with van der Waals surface area (Å²) in [5.74, 6) is -9.06. The molecule has 214 valence electrons.